The van der Waals surface area contributed by atoms with Crippen LogP contribution in [0.3, 0.4) is 0 Å². The van der Waals surface area contributed by atoms with Crippen molar-refractivity contribution in [3.05, 3.63) is 64.9 Å². The van der Waals surface area contributed by atoms with E-state index in [0.717, 1.165) is 10.6 Å². The molecule has 2 aromatic carbocycles. The van der Waals surface area contributed by atoms with E-state index in [2.05, 4.69) is 5.32 Å². The Hall–Kier alpha value is -1.77. The van der Waals surface area contributed by atoms with Crippen LogP contribution >= 0.6 is 23.4 Å². The van der Waals surface area contributed by atoms with E-state index in [4.69, 9.17) is 11.6 Å². The van der Waals surface area contributed by atoms with Crippen molar-refractivity contribution in [1.29, 1.82) is 0 Å². The fraction of sp³-hybridized carbons (Fsp3) is 0.278. The second-order valence-electron chi connectivity index (χ2n) is 5.74. The standard InChI is InChI=1S/C18H20ClFN2O3S2/c1-27(24,25)22(16-7-4-6-15(19)11-16)12-18(23)21-9-10-26-13-14-5-2-3-8-17(14)20/h2-8,11H,9-10,12-13H2,1H3,(H,21,23). The molecule has 0 fully saturated rings. The van der Waals surface area contributed by atoms with Gasteiger partial charge in [0.15, 0.2) is 0 Å². The zero-order valence-electron chi connectivity index (χ0n) is 14.7. The molecule has 0 aliphatic carbocycles. The lowest BCUT2D eigenvalue weighted by atomic mass is 10.2. The minimum Gasteiger partial charge on any atom is -0.354 e. The van der Waals surface area contributed by atoms with E-state index in [1.165, 1.54) is 23.9 Å². The lowest BCUT2D eigenvalue weighted by Gasteiger charge is -2.22. The number of halogens is 2. The van der Waals surface area contributed by atoms with E-state index in [9.17, 15) is 17.6 Å². The molecule has 0 saturated carbocycles. The molecule has 146 valence electrons. The van der Waals surface area contributed by atoms with E-state index in [1.807, 2.05) is 0 Å². The summed E-state index contributed by atoms with van der Waals surface area (Å²) in [6.07, 6.45) is 1.03. The van der Waals surface area contributed by atoms with Gasteiger partial charge in [0.2, 0.25) is 15.9 Å². The first-order chi connectivity index (χ1) is 12.8. The van der Waals surface area contributed by atoms with Gasteiger partial charge in [-0.05, 0) is 29.8 Å². The molecule has 0 unspecified atom stereocenters. The van der Waals surface area contributed by atoms with Gasteiger partial charge in [-0.25, -0.2) is 12.8 Å². The van der Waals surface area contributed by atoms with Crippen molar-refractivity contribution < 1.29 is 17.6 Å². The van der Waals surface area contributed by atoms with Crippen LogP contribution in [0.15, 0.2) is 48.5 Å². The molecule has 0 spiro atoms. The van der Waals surface area contributed by atoms with Crippen molar-refractivity contribution >= 4 is 45.0 Å². The zero-order chi connectivity index (χ0) is 19.9. The number of amides is 1. The molecule has 9 heteroatoms. The maximum Gasteiger partial charge on any atom is 0.240 e. The van der Waals surface area contributed by atoms with Crippen LogP contribution in [0.1, 0.15) is 5.56 Å². The van der Waals surface area contributed by atoms with E-state index < -0.39 is 15.9 Å². The quantitative estimate of drug-likeness (QED) is 0.620. The molecule has 1 amide bonds. The maximum atomic E-state index is 13.5. The molecule has 1 N–H and O–H groups in total. The summed E-state index contributed by atoms with van der Waals surface area (Å²) in [6.45, 7) is 0.0161. The Labute approximate surface area is 168 Å². The van der Waals surface area contributed by atoms with Crippen molar-refractivity contribution in [2.75, 3.05) is 29.4 Å². The number of sulfonamides is 1. The first-order valence-corrected chi connectivity index (χ1v) is 11.5. The molecular weight excluding hydrogens is 411 g/mol. The van der Waals surface area contributed by atoms with Crippen LogP contribution in [0.4, 0.5) is 10.1 Å². The summed E-state index contributed by atoms with van der Waals surface area (Å²) < 4.78 is 38.5. The van der Waals surface area contributed by atoms with Crippen LogP contribution < -0.4 is 9.62 Å². The van der Waals surface area contributed by atoms with E-state index in [1.54, 1.807) is 36.4 Å². The zero-order valence-corrected chi connectivity index (χ0v) is 17.1. The second kappa shape index (κ2) is 9.96. The molecule has 2 rings (SSSR count). The molecule has 0 aliphatic heterocycles. The Morgan fingerprint density at radius 1 is 1.22 bits per heavy atom. The molecule has 27 heavy (non-hydrogen) atoms. The third kappa shape index (κ3) is 7.04. The fourth-order valence-corrected chi connectivity index (χ4v) is 4.16. The Balaban J connectivity index is 1.83. The molecule has 0 bridgehead atoms. The SMILES string of the molecule is CS(=O)(=O)N(CC(=O)NCCSCc1ccccc1F)c1cccc(Cl)c1. The highest BCUT2D eigenvalue weighted by Crippen LogP contribution is 2.21. The first kappa shape index (κ1) is 21.5. The van der Waals surface area contributed by atoms with Crippen molar-refractivity contribution in [1.82, 2.24) is 5.32 Å². The Kier molecular flexibility index (Phi) is 7.94. The maximum absolute atomic E-state index is 13.5. The number of nitrogens with zero attached hydrogens (tertiary/aromatic N) is 1. The monoisotopic (exact) mass is 430 g/mol. The summed E-state index contributed by atoms with van der Waals surface area (Å²) in [5, 5.41) is 3.06. The smallest absolute Gasteiger partial charge is 0.240 e. The van der Waals surface area contributed by atoms with Gasteiger partial charge in [0.1, 0.15) is 12.4 Å². The number of nitrogens with one attached hydrogen (secondary N) is 1. The molecule has 0 saturated heterocycles. The van der Waals surface area contributed by atoms with Crippen LogP contribution in [0.5, 0.6) is 0 Å². The summed E-state index contributed by atoms with van der Waals surface area (Å²) in [5.74, 6) is 0.405. The average Bonchev–Trinajstić information content (AvgIpc) is 2.60. The summed E-state index contributed by atoms with van der Waals surface area (Å²) in [6, 6.07) is 12.8. The summed E-state index contributed by atoms with van der Waals surface area (Å²) in [5.41, 5.74) is 0.937. The molecular formula is C18H20ClFN2O3S2. The number of rotatable bonds is 9. The van der Waals surface area contributed by atoms with Crippen LogP contribution in [-0.2, 0) is 20.6 Å². The summed E-state index contributed by atoms with van der Waals surface area (Å²) >= 11 is 7.39. The molecule has 0 radical (unpaired) electrons. The van der Waals surface area contributed by atoms with Gasteiger partial charge in [-0.3, -0.25) is 9.10 Å². The van der Waals surface area contributed by atoms with Crippen LogP contribution in [0, 0.1) is 5.82 Å². The van der Waals surface area contributed by atoms with Crippen molar-refractivity contribution in [3.63, 3.8) is 0 Å². The minimum atomic E-state index is -3.64. The summed E-state index contributed by atoms with van der Waals surface area (Å²) in [4.78, 5) is 12.1. The first-order valence-electron chi connectivity index (χ1n) is 8.08. The fourth-order valence-electron chi connectivity index (χ4n) is 2.28. The Morgan fingerprint density at radius 2 is 1.96 bits per heavy atom. The Bertz CT molecular complexity index is 894. The predicted molar refractivity (Wildman–Crippen MR) is 109 cm³/mol. The average molecular weight is 431 g/mol. The topological polar surface area (TPSA) is 66.5 Å². The molecule has 0 aromatic heterocycles. The van der Waals surface area contributed by atoms with Crippen LogP contribution in [-0.4, -0.2) is 39.4 Å². The number of carbonyl (C=O) groups excluding carboxylic acids is 1. The number of carbonyl (C=O) groups is 1. The third-order valence-corrected chi connectivity index (χ3v) is 5.95. The molecule has 5 nitrogen and oxygen atoms in total. The molecule has 0 heterocycles. The van der Waals surface area contributed by atoms with Crippen molar-refractivity contribution in [2.24, 2.45) is 0 Å². The second-order valence-corrected chi connectivity index (χ2v) is 9.19. The summed E-state index contributed by atoms with van der Waals surface area (Å²) in [7, 11) is -3.64. The van der Waals surface area contributed by atoms with Crippen molar-refractivity contribution in [3.8, 4) is 0 Å². The van der Waals surface area contributed by atoms with Gasteiger partial charge in [-0.15, -0.1) is 0 Å². The van der Waals surface area contributed by atoms with Gasteiger partial charge in [0.25, 0.3) is 0 Å². The third-order valence-electron chi connectivity index (χ3n) is 3.57. The minimum absolute atomic E-state index is 0.251. The molecule has 0 atom stereocenters. The lowest BCUT2D eigenvalue weighted by Crippen LogP contribution is -2.41. The van der Waals surface area contributed by atoms with Gasteiger partial charge in [-0.1, -0.05) is 35.9 Å². The number of anilines is 1. The van der Waals surface area contributed by atoms with E-state index in [0.29, 0.717) is 34.3 Å². The van der Waals surface area contributed by atoms with Gasteiger partial charge >= 0.3 is 0 Å². The normalized spacial score (nSPS) is 11.2. The van der Waals surface area contributed by atoms with Crippen LogP contribution in [0.2, 0.25) is 5.02 Å². The van der Waals surface area contributed by atoms with Crippen LogP contribution in [0.25, 0.3) is 0 Å². The van der Waals surface area contributed by atoms with E-state index >= 15 is 0 Å². The van der Waals surface area contributed by atoms with Gasteiger partial charge in [0, 0.05) is 23.1 Å². The van der Waals surface area contributed by atoms with Gasteiger partial charge < -0.3 is 5.32 Å². The lowest BCUT2D eigenvalue weighted by molar-refractivity contribution is -0.119. The van der Waals surface area contributed by atoms with E-state index in [-0.39, 0.29) is 12.4 Å². The molecule has 0 aliphatic rings. The van der Waals surface area contributed by atoms with Crippen molar-refractivity contribution in [2.45, 2.75) is 5.75 Å². The predicted octanol–water partition coefficient (Wildman–Crippen LogP) is 3.29. The Morgan fingerprint density at radius 3 is 2.63 bits per heavy atom. The number of thioether (sulfide) groups is 1. The largest absolute Gasteiger partial charge is 0.354 e. The number of hydrogen-bond donors (Lipinski definition) is 1. The van der Waals surface area contributed by atoms with Gasteiger partial charge in [0.05, 0.1) is 11.9 Å². The van der Waals surface area contributed by atoms with Gasteiger partial charge in [-0.2, -0.15) is 11.8 Å². The number of hydrogen-bond acceptors (Lipinski definition) is 4. The highest BCUT2D eigenvalue weighted by Gasteiger charge is 2.20. The molecule has 2 aromatic rings. The highest BCUT2D eigenvalue weighted by molar-refractivity contribution is 7.98. The number of benzene rings is 2. The highest BCUT2D eigenvalue weighted by atomic mass is 35.5.